The second-order valence-electron chi connectivity index (χ2n) is 8.63. The summed E-state index contributed by atoms with van der Waals surface area (Å²) in [5, 5.41) is 0. The van der Waals surface area contributed by atoms with Crippen LogP contribution in [0.1, 0.15) is 110 Å². The molecule has 0 amide bonds. The van der Waals surface area contributed by atoms with E-state index in [0.717, 1.165) is 23.7 Å². The van der Waals surface area contributed by atoms with Crippen molar-refractivity contribution in [3.05, 3.63) is 12.7 Å². The van der Waals surface area contributed by atoms with Crippen LogP contribution >= 0.6 is 0 Å². The third-order valence-electron chi connectivity index (χ3n) is 6.94. The molecule has 0 unspecified atom stereocenters. The smallest absolute Gasteiger partial charge is 0.0353 e. The van der Waals surface area contributed by atoms with E-state index in [-0.39, 0.29) is 0 Å². The second-order valence-corrected chi connectivity index (χ2v) is 8.63. The van der Waals surface area contributed by atoms with E-state index in [1.165, 1.54) is 64.2 Å². The van der Waals surface area contributed by atoms with Crippen molar-refractivity contribution in [2.24, 2.45) is 23.7 Å². The van der Waals surface area contributed by atoms with Crippen LogP contribution in [-0.4, -0.2) is 0 Å². The van der Waals surface area contributed by atoms with Gasteiger partial charge in [-0.1, -0.05) is 77.2 Å². The Morgan fingerprint density at radius 2 is 1.17 bits per heavy atom. The van der Waals surface area contributed by atoms with E-state index in [1.807, 2.05) is 0 Å². The third-order valence-corrected chi connectivity index (χ3v) is 6.94. The van der Waals surface area contributed by atoms with E-state index in [9.17, 15) is 0 Å². The van der Waals surface area contributed by atoms with Gasteiger partial charge in [0, 0.05) is 0 Å². The molecular weight excluding hydrogens is 276 g/mol. The highest BCUT2D eigenvalue weighted by atomic mass is 14.4. The Kier molecular flexibility index (Phi) is 9.39. The summed E-state index contributed by atoms with van der Waals surface area (Å²) in [5.41, 5.74) is 0. The minimum Gasteiger partial charge on any atom is -0.103 e. The molecule has 0 nitrogen and oxygen atoms in total. The second kappa shape index (κ2) is 11.3. The van der Waals surface area contributed by atoms with Crippen molar-refractivity contribution < 1.29 is 0 Å². The van der Waals surface area contributed by atoms with E-state index >= 15 is 0 Å². The summed E-state index contributed by atoms with van der Waals surface area (Å²) >= 11 is 0. The molecule has 134 valence electrons. The fourth-order valence-corrected chi connectivity index (χ4v) is 5.30. The molecule has 23 heavy (non-hydrogen) atoms. The topological polar surface area (TPSA) is 0 Å². The standard InChI is InChI=1S/C23H42/c1-3-5-7-9-11-21-14-18-23(19-15-21)22-16-12-20(13-17-22)10-8-6-4-2/h3,20-23H,1,4-19H2,2H3. The Morgan fingerprint density at radius 1 is 0.696 bits per heavy atom. The molecule has 2 aliphatic rings. The molecule has 0 aromatic heterocycles. The highest BCUT2D eigenvalue weighted by Crippen LogP contribution is 2.43. The van der Waals surface area contributed by atoms with E-state index in [0.29, 0.717) is 0 Å². The van der Waals surface area contributed by atoms with Gasteiger partial charge in [0.15, 0.2) is 0 Å². The van der Waals surface area contributed by atoms with Gasteiger partial charge in [0.05, 0.1) is 0 Å². The Bertz CT molecular complexity index is 289. The molecule has 0 aromatic carbocycles. The quantitative estimate of drug-likeness (QED) is 0.283. The molecule has 0 heteroatoms. The van der Waals surface area contributed by atoms with E-state index in [2.05, 4.69) is 19.6 Å². The van der Waals surface area contributed by atoms with Gasteiger partial charge < -0.3 is 0 Å². The lowest BCUT2D eigenvalue weighted by Gasteiger charge is -2.38. The molecule has 0 aromatic rings. The van der Waals surface area contributed by atoms with Crippen LogP contribution in [0.25, 0.3) is 0 Å². The summed E-state index contributed by atoms with van der Waals surface area (Å²) in [6.45, 7) is 6.16. The van der Waals surface area contributed by atoms with Crippen LogP contribution in [-0.2, 0) is 0 Å². The molecule has 0 atom stereocenters. The maximum Gasteiger partial charge on any atom is -0.0353 e. The van der Waals surface area contributed by atoms with Crippen molar-refractivity contribution in [1.82, 2.24) is 0 Å². The highest BCUT2D eigenvalue weighted by Gasteiger charge is 2.30. The van der Waals surface area contributed by atoms with E-state index < -0.39 is 0 Å². The third kappa shape index (κ3) is 7.02. The van der Waals surface area contributed by atoms with Gasteiger partial charge in [-0.25, -0.2) is 0 Å². The van der Waals surface area contributed by atoms with Crippen LogP contribution in [0, 0.1) is 23.7 Å². The van der Waals surface area contributed by atoms with Crippen molar-refractivity contribution in [2.75, 3.05) is 0 Å². The number of hydrogen-bond donors (Lipinski definition) is 0. The fourth-order valence-electron chi connectivity index (χ4n) is 5.30. The van der Waals surface area contributed by atoms with Crippen molar-refractivity contribution >= 4 is 0 Å². The molecule has 0 saturated heterocycles. The Morgan fingerprint density at radius 3 is 1.61 bits per heavy atom. The van der Waals surface area contributed by atoms with Crippen LogP contribution in [0.4, 0.5) is 0 Å². The average molecular weight is 319 g/mol. The fraction of sp³-hybridized carbons (Fsp3) is 0.913. The Hall–Kier alpha value is -0.260. The minimum absolute atomic E-state index is 1.06. The first-order valence-corrected chi connectivity index (χ1v) is 10.9. The Balaban J connectivity index is 1.56. The minimum atomic E-state index is 1.06. The number of hydrogen-bond acceptors (Lipinski definition) is 0. The zero-order valence-electron chi connectivity index (χ0n) is 15.9. The highest BCUT2D eigenvalue weighted by molar-refractivity contribution is 4.82. The van der Waals surface area contributed by atoms with Gasteiger partial charge in [0.25, 0.3) is 0 Å². The average Bonchev–Trinajstić information content (AvgIpc) is 2.60. The van der Waals surface area contributed by atoms with Gasteiger partial charge in [-0.05, 0) is 62.2 Å². The van der Waals surface area contributed by atoms with E-state index in [4.69, 9.17) is 0 Å². The molecule has 0 radical (unpaired) electrons. The molecular formula is C23H42. The van der Waals surface area contributed by atoms with Gasteiger partial charge in [0.1, 0.15) is 0 Å². The molecule has 2 saturated carbocycles. The van der Waals surface area contributed by atoms with Gasteiger partial charge in [0.2, 0.25) is 0 Å². The van der Waals surface area contributed by atoms with Crippen molar-refractivity contribution in [3.8, 4) is 0 Å². The lowest BCUT2D eigenvalue weighted by atomic mass is 9.68. The van der Waals surface area contributed by atoms with Crippen LogP contribution in [0.15, 0.2) is 12.7 Å². The van der Waals surface area contributed by atoms with Gasteiger partial charge in [-0.2, -0.15) is 0 Å². The Labute approximate surface area is 146 Å². The van der Waals surface area contributed by atoms with Crippen molar-refractivity contribution in [3.63, 3.8) is 0 Å². The molecule has 0 N–H and O–H groups in total. The SMILES string of the molecule is C=CCCCCC1CCC(C2CCC(CCCCC)CC2)CC1. The predicted octanol–water partition coefficient (Wildman–Crippen LogP) is 7.93. The van der Waals surface area contributed by atoms with E-state index in [1.54, 1.807) is 38.5 Å². The molecule has 2 fully saturated rings. The van der Waals surface area contributed by atoms with Gasteiger partial charge >= 0.3 is 0 Å². The summed E-state index contributed by atoms with van der Waals surface area (Å²) in [6, 6.07) is 0. The lowest BCUT2D eigenvalue weighted by molar-refractivity contribution is 0.139. The van der Waals surface area contributed by atoms with Crippen molar-refractivity contribution in [1.29, 1.82) is 0 Å². The summed E-state index contributed by atoms with van der Waals surface area (Å²) in [6.07, 6.45) is 25.8. The largest absolute Gasteiger partial charge is 0.103 e. The first-order chi connectivity index (χ1) is 11.3. The van der Waals surface area contributed by atoms with Crippen molar-refractivity contribution in [2.45, 2.75) is 110 Å². The molecule has 2 aliphatic carbocycles. The number of allylic oxidation sites excluding steroid dienone is 1. The maximum absolute atomic E-state index is 3.83. The first kappa shape index (κ1) is 19.1. The molecule has 2 rings (SSSR count). The van der Waals surface area contributed by atoms with Crippen LogP contribution in [0.5, 0.6) is 0 Å². The predicted molar refractivity (Wildman–Crippen MR) is 104 cm³/mol. The summed E-state index contributed by atoms with van der Waals surface area (Å²) in [7, 11) is 0. The zero-order valence-corrected chi connectivity index (χ0v) is 15.9. The lowest BCUT2D eigenvalue weighted by Crippen LogP contribution is -2.25. The molecule has 0 spiro atoms. The summed E-state index contributed by atoms with van der Waals surface area (Å²) in [5.74, 6) is 4.33. The van der Waals surface area contributed by atoms with Crippen LogP contribution < -0.4 is 0 Å². The number of rotatable bonds is 10. The zero-order chi connectivity index (χ0) is 16.3. The normalized spacial score (nSPS) is 31.9. The van der Waals surface area contributed by atoms with Gasteiger partial charge in [-0.15, -0.1) is 6.58 Å². The number of unbranched alkanes of at least 4 members (excludes halogenated alkanes) is 4. The first-order valence-electron chi connectivity index (χ1n) is 10.9. The monoisotopic (exact) mass is 318 g/mol. The van der Waals surface area contributed by atoms with Gasteiger partial charge in [-0.3, -0.25) is 0 Å². The van der Waals surface area contributed by atoms with Crippen LogP contribution in [0.2, 0.25) is 0 Å². The maximum atomic E-state index is 3.83. The molecule has 0 aliphatic heterocycles. The summed E-state index contributed by atoms with van der Waals surface area (Å²) < 4.78 is 0. The molecule has 0 heterocycles. The van der Waals surface area contributed by atoms with Crippen LogP contribution in [0.3, 0.4) is 0 Å². The molecule has 0 bridgehead atoms. The summed E-state index contributed by atoms with van der Waals surface area (Å²) in [4.78, 5) is 0.